The normalized spacial score (nSPS) is 10.8. The largest absolute Gasteiger partial charge is 0.486 e. The van der Waals surface area contributed by atoms with E-state index in [2.05, 4.69) is 9.97 Å². The molecule has 0 unspecified atom stereocenters. The van der Waals surface area contributed by atoms with E-state index in [4.69, 9.17) is 4.74 Å². The fraction of sp³-hybridized carbons (Fsp3) is 0.174. The van der Waals surface area contributed by atoms with Crippen molar-refractivity contribution < 1.29 is 9.53 Å². The Labute approximate surface area is 169 Å². The lowest BCUT2D eigenvalue weighted by Crippen LogP contribution is -2.30. The summed E-state index contributed by atoms with van der Waals surface area (Å²) in [4.78, 5) is 23.4. The summed E-state index contributed by atoms with van der Waals surface area (Å²) in [6.07, 6.45) is 3.50. The summed E-state index contributed by atoms with van der Waals surface area (Å²) in [6, 6.07) is 21.2. The number of fused-ring (bicyclic) bond motifs is 1. The van der Waals surface area contributed by atoms with Gasteiger partial charge in [0.25, 0.3) is 0 Å². The third kappa shape index (κ3) is 4.43. The van der Waals surface area contributed by atoms with Gasteiger partial charge in [-0.05, 0) is 35.9 Å². The second kappa shape index (κ2) is 8.56. The number of hydrogen-bond acceptors (Lipinski definition) is 4. The molecule has 2 aromatic heterocycles. The number of carbonyl (C=O) groups excluding carboxylic acids is 1. The summed E-state index contributed by atoms with van der Waals surface area (Å²) < 4.78 is 7.81. The smallest absolute Gasteiger partial charge is 0.242 e. The van der Waals surface area contributed by atoms with Gasteiger partial charge in [-0.25, -0.2) is 4.98 Å². The molecule has 0 radical (unpaired) electrons. The van der Waals surface area contributed by atoms with Crippen LogP contribution in [0.2, 0.25) is 0 Å². The minimum atomic E-state index is -0.00188. The molecular formula is C23H22N4O2. The van der Waals surface area contributed by atoms with Gasteiger partial charge >= 0.3 is 0 Å². The molecular weight excluding hydrogens is 364 g/mol. The molecule has 0 saturated carbocycles. The van der Waals surface area contributed by atoms with E-state index in [-0.39, 0.29) is 19.1 Å². The van der Waals surface area contributed by atoms with Crippen molar-refractivity contribution in [1.29, 1.82) is 0 Å². The summed E-state index contributed by atoms with van der Waals surface area (Å²) in [6.45, 7) is 0.998. The van der Waals surface area contributed by atoms with Gasteiger partial charge in [0, 0.05) is 26.0 Å². The second-order valence-corrected chi connectivity index (χ2v) is 6.82. The number of carbonyl (C=O) groups is 1. The van der Waals surface area contributed by atoms with Crippen molar-refractivity contribution in [2.24, 2.45) is 0 Å². The molecule has 0 saturated heterocycles. The fourth-order valence-corrected chi connectivity index (χ4v) is 3.19. The van der Waals surface area contributed by atoms with Crippen molar-refractivity contribution in [3.05, 3.63) is 90.5 Å². The van der Waals surface area contributed by atoms with E-state index >= 15 is 0 Å². The molecule has 146 valence electrons. The number of likely N-dealkylation sites (N-methyl/N-ethyl adjacent to an activating group) is 1. The molecule has 4 aromatic rings. The zero-order chi connectivity index (χ0) is 20.1. The highest BCUT2D eigenvalue weighted by Crippen LogP contribution is 2.19. The fourth-order valence-electron chi connectivity index (χ4n) is 3.19. The summed E-state index contributed by atoms with van der Waals surface area (Å²) in [7, 11) is 1.80. The van der Waals surface area contributed by atoms with Crippen molar-refractivity contribution >= 4 is 16.9 Å². The van der Waals surface area contributed by atoms with Crippen LogP contribution in [0.5, 0.6) is 5.75 Å². The molecule has 0 bridgehead atoms. The van der Waals surface area contributed by atoms with Gasteiger partial charge < -0.3 is 14.2 Å². The molecule has 0 aliphatic carbocycles. The summed E-state index contributed by atoms with van der Waals surface area (Å²) in [5.74, 6) is 1.49. The molecule has 0 fully saturated rings. The minimum Gasteiger partial charge on any atom is -0.486 e. The van der Waals surface area contributed by atoms with E-state index < -0.39 is 0 Å². The van der Waals surface area contributed by atoms with Crippen LogP contribution >= 0.6 is 0 Å². The van der Waals surface area contributed by atoms with Crippen molar-refractivity contribution in [2.45, 2.75) is 19.7 Å². The van der Waals surface area contributed by atoms with Crippen LogP contribution in [0.25, 0.3) is 11.0 Å². The van der Waals surface area contributed by atoms with Crippen LogP contribution in [0.1, 0.15) is 11.4 Å². The molecule has 0 atom stereocenters. The number of para-hydroxylation sites is 3. The van der Waals surface area contributed by atoms with Gasteiger partial charge in [-0.3, -0.25) is 9.78 Å². The number of imidazole rings is 1. The average Bonchev–Trinajstić information content (AvgIpc) is 3.11. The van der Waals surface area contributed by atoms with Crippen LogP contribution in [0.3, 0.4) is 0 Å². The van der Waals surface area contributed by atoms with E-state index in [0.29, 0.717) is 6.54 Å². The molecule has 1 amide bonds. The molecule has 0 aliphatic rings. The Hall–Kier alpha value is -3.67. The summed E-state index contributed by atoms with van der Waals surface area (Å²) in [5.41, 5.74) is 2.76. The summed E-state index contributed by atoms with van der Waals surface area (Å²) in [5, 5.41) is 0. The topological polar surface area (TPSA) is 60.2 Å². The average molecular weight is 386 g/mol. The zero-order valence-electron chi connectivity index (χ0n) is 16.2. The molecule has 0 aliphatic heterocycles. The Balaban J connectivity index is 1.54. The molecule has 6 heteroatoms. The van der Waals surface area contributed by atoms with E-state index in [1.54, 1.807) is 24.3 Å². The third-order valence-electron chi connectivity index (χ3n) is 4.71. The maximum absolute atomic E-state index is 12.9. The van der Waals surface area contributed by atoms with Gasteiger partial charge in [0.15, 0.2) is 0 Å². The van der Waals surface area contributed by atoms with Crippen LogP contribution < -0.4 is 4.74 Å². The van der Waals surface area contributed by atoms with Crippen LogP contribution in [-0.2, 0) is 24.5 Å². The molecule has 0 N–H and O–H groups in total. The minimum absolute atomic E-state index is 0.00188. The Morgan fingerprint density at radius 2 is 1.83 bits per heavy atom. The van der Waals surface area contributed by atoms with Crippen LogP contribution in [0.15, 0.2) is 79.1 Å². The molecule has 2 aromatic carbocycles. The second-order valence-electron chi connectivity index (χ2n) is 6.82. The zero-order valence-corrected chi connectivity index (χ0v) is 16.2. The molecule has 29 heavy (non-hydrogen) atoms. The first kappa shape index (κ1) is 18.7. The predicted octanol–water partition coefficient (Wildman–Crippen LogP) is 3.67. The van der Waals surface area contributed by atoms with E-state index in [1.807, 2.05) is 71.3 Å². The Kier molecular flexibility index (Phi) is 5.52. The van der Waals surface area contributed by atoms with Crippen LogP contribution in [-0.4, -0.2) is 32.4 Å². The van der Waals surface area contributed by atoms with Gasteiger partial charge in [0.05, 0.1) is 11.0 Å². The first-order chi connectivity index (χ1) is 14.2. The third-order valence-corrected chi connectivity index (χ3v) is 4.71. The number of ether oxygens (including phenoxy) is 1. The quantitative estimate of drug-likeness (QED) is 0.486. The van der Waals surface area contributed by atoms with E-state index in [1.165, 1.54) is 0 Å². The van der Waals surface area contributed by atoms with Gasteiger partial charge in [-0.2, -0.15) is 0 Å². The maximum atomic E-state index is 12.9. The van der Waals surface area contributed by atoms with Crippen molar-refractivity contribution in [3.8, 4) is 5.75 Å². The van der Waals surface area contributed by atoms with Gasteiger partial charge in [0.1, 0.15) is 24.7 Å². The Morgan fingerprint density at radius 3 is 2.62 bits per heavy atom. The van der Waals surface area contributed by atoms with Gasteiger partial charge in [-0.15, -0.1) is 0 Å². The molecule has 4 rings (SSSR count). The maximum Gasteiger partial charge on any atom is 0.242 e. The predicted molar refractivity (Wildman–Crippen MR) is 111 cm³/mol. The van der Waals surface area contributed by atoms with Crippen LogP contribution in [0.4, 0.5) is 0 Å². The summed E-state index contributed by atoms with van der Waals surface area (Å²) >= 11 is 0. The molecule has 0 spiro atoms. The number of benzene rings is 2. The number of rotatable bonds is 7. The Bertz CT molecular complexity index is 1090. The standard InChI is InChI=1S/C23H22N4O2/c1-26(15-18-8-7-13-24-14-18)23(28)16-27-21-12-6-5-11-20(21)25-22(27)17-29-19-9-3-2-4-10-19/h2-14H,15-17H2,1H3. The SMILES string of the molecule is CN(Cc1cccnc1)C(=O)Cn1c(COc2ccccc2)nc2ccccc21. The monoisotopic (exact) mass is 386 g/mol. The number of pyridine rings is 1. The lowest BCUT2D eigenvalue weighted by Gasteiger charge is -2.18. The Morgan fingerprint density at radius 1 is 1.03 bits per heavy atom. The number of hydrogen-bond donors (Lipinski definition) is 0. The first-order valence-corrected chi connectivity index (χ1v) is 9.45. The van der Waals surface area contributed by atoms with Crippen LogP contribution in [0, 0.1) is 0 Å². The van der Waals surface area contributed by atoms with Gasteiger partial charge in [-0.1, -0.05) is 36.4 Å². The first-order valence-electron chi connectivity index (χ1n) is 9.45. The van der Waals surface area contributed by atoms with Crippen molar-refractivity contribution in [3.63, 3.8) is 0 Å². The highest BCUT2D eigenvalue weighted by Gasteiger charge is 2.17. The lowest BCUT2D eigenvalue weighted by molar-refractivity contribution is -0.131. The number of aromatic nitrogens is 3. The van der Waals surface area contributed by atoms with Crippen molar-refractivity contribution in [2.75, 3.05) is 7.05 Å². The van der Waals surface area contributed by atoms with Gasteiger partial charge in [0.2, 0.25) is 5.91 Å². The highest BCUT2D eigenvalue weighted by molar-refractivity contribution is 5.81. The number of nitrogens with zero attached hydrogens (tertiary/aromatic N) is 4. The lowest BCUT2D eigenvalue weighted by atomic mass is 10.2. The highest BCUT2D eigenvalue weighted by atomic mass is 16.5. The number of amides is 1. The van der Waals surface area contributed by atoms with E-state index in [0.717, 1.165) is 28.2 Å². The van der Waals surface area contributed by atoms with Crippen molar-refractivity contribution in [1.82, 2.24) is 19.4 Å². The molecule has 2 heterocycles. The van der Waals surface area contributed by atoms with E-state index in [9.17, 15) is 4.79 Å². The molecule has 6 nitrogen and oxygen atoms in total.